The lowest BCUT2D eigenvalue weighted by atomic mass is 9.91. The average molecular weight is 325 g/mol. The summed E-state index contributed by atoms with van der Waals surface area (Å²) in [6, 6.07) is 6.23. The number of pyridine rings is 1. The Balaban J connectivity index is 1.76. The molecule has 24 heavy (non-hydrogen) atoms. The molecule has 2 atom stereocenters. The van der Waals surface area contributed by atoms with E-state index in [1.807, 2.05) is 30.3 Å². The van der Waals surface area contributed by atoms with Crippen molar-refractivity contribution in [3.63, 3.8) is 0 Å². The van der Waals surface area contributed by atoms with Crippen molar-refractivity contribution in [3.8, 4) is 0 Å². The average Bonchev–Trinajstić information content (AvgIpc) is 3.30. The van der Waals surface area contributed by atoms with E-state index in [9.17, 15) is 4.79 Å². The molecule has 4 rings (SSSR count). The minimum atomic E-state index is 0.0408. The van der Waals surface area contributed by atoms with Crippen LogP contribution in [0.4, 0.5) is 4.79 Å². The van der Waals surface area contributed by atoms with Crippen molar-refractivity contribution in [3.05, 3.63) is 36.3 Å². The molecule has 6 heteroatoms. The molecule has 2 N–H and O–H groups in total. The molecule has 6 nitrogen and oxygen atoms in total. The van der Waals surface area contributed by atoms with Gasteiger partial charge >= 0.3 is 6.03 Å². The molecule has 1 saturated heterocycles. The SMILES string of the molecule is CCNC(=O)N1CC(c2cnc3ccc4[nH]ccc4n23)[C@H](CC)C1. The number of urea groups is 1. The molecule has 0 aliphatic carbocycles. The number of likely N-dealkylation sites (tertiary alicyclic amines) is 1. The summed E-state index contributed by atoms with van der Waals surface area (Å²) < 4.78 is 2.24. The van der Waals surface area contributed by atoms with Crippen LogP contribution in [0.15, 0.2) is 30.6 Å². The normalized spacial score (nSPS) is 21.0. The summed E-state index contributed by atoms with van der Waals surface area (Å²) in [7, 11) is 0. The van der Waals surface area contributed by atoms with Gasteiger partial charge in [0.2, 0.25) is 0 Å². The summed E-state index contributed by atoms with van der Waals surface area (Å²) >= 11 is 0. The van der Waals surface area contributed by atoms with E-state index >= 15 is 0 Å². The fourth-order valence-corrected chi connectivity index (χ4v) is 3.93. The Morgan fingerprint density at radius 1 is 1.33 bits per heavy atom. The van der Waals surface area contributed by atoms with Gasteiger partial charge in [-0.3, -0.25) is 4.40 Å². The Labute approximate surface area is 140 Å². The first-order valence-electron chi connectivity index (χ1n) is 8.69. The van der Waals surface area contributed by atoms with E-state index in [1.165, 1.54) is 5.69 Å². The number of carbonyl (C=O) groups is 1. The summed E-state index contributed by atoms with van der Waals surface area (Å²) in [5.74, 6) is 0.773. The number of rotatable bonds is 3. The van der Waals surface area contributed by atoms with Crippen molar-refractivity contribution in [1.82, 2.24) is 24.6 Å². The van der Waals surface area contributed by atoms with E-state index < -0.39 is 0 Å². The van der Waals surface area contributed by atoms with Crippen molar-refractivity contribution in [1.29, 1.82) is 0 Å². The maximum atomic E-state index is 12.2. The Bertz CT molecular complexity index is 880. The second-order valence-corrected chi connectivity index (χ2v) is 6.50. The Kier molecular flexibility index (Phi) is 3.67. The summed E-state index contributed by atoms with van der Waals surface area (Å²) in [4.78, 5) is 22.1. The summed E-state index contributed by atoms with van der Waals surface area (Å²) in [5, 5.41) is 2.92. The van der Waals surface area contributed by atoms with E-state index in [0.29, 0.717) is 18.4 Å². The Morgan fingerprint density at radius 2 is 2.21 bits per heavy atom. The summed E-state index contributed by atoms with van der Waals surface area (Å²) in [6.07, 6.45) is 4.99. The third-order valence-corrected chi connectivity index (χ3v) is 5.17. The maximum absolute atomic E-state index is 12.2. The maximum Gasteiger partial charge on any atom is 0.317 e. The van der Waals surface area contributed by atoms with Gasteiger partial charge < -0.3 is 15.2 Å². The van der Waals surface area contributed by atoms with Crippen LogP contribution in [-0.2, 0) is 0 Å². The highest BCUT2D eigenvalue weighted by atomic mass is 16.2. The number of nitrogens with one attached hydrogen (secondary N) is 2. The lowest BCUT2D eigenvalue weighted by Crippen LogP contribution is -2.38. The minimum absolute atomic E-state index is 0.0408. The molecule has 4 heterocycles. The second kappa shape index (κ2) is 5.85. The molecule has 1 fully saturated rings. The number of carbonyl (C=O) groups excluding carboxylic acids is 1. The van der Waals surface area contributed by atoms with Gasteiger partial charge in [-0.25, -0.2) is 9.78 Å². The zero-order chi connectivity index (χ0) is 16.7. The van der Waals surface area contributed by atoms with Gasteiger partial charge in [0, 0.05) is 43.6 Å². The van der Waals surface area contributed by atoms with Gasteiger partial charge in [0.15, 0.2) is 0 Å². The van der Waals surface area contributed by atoms with Gasteiger partial charge in [-0.2, -0.15) is 0 Å². The molecule has 0 saturated carbocycles. The molecule has 0 aromatic carbocycles. The van der Waals surface area contributed by atoms with Gasteiger partial charge in [-0.1, -0.05) is 13.3 Å². The molecule has 2 amide bonds. The topological polar surface area (TPSA) is 65.4 Å². The fraction of sp³-hybridized carbons (Fsp3) is 0.444. The number of hydrogen-bond donors (Lipinski definition) is 2. The van der Waals surface area contributed by atoms with Crippen LogP contribution in [0, 0.1) is 5.92 Å². The minimum Gasteiger partial charge on any atom is -0.360 e. The molecule has 126 valence electrons. The number of imidazole rings is 1. The smallest absolute Gasteiger partial charge is 0.317 e. The molecule has 1 unspecified atom stereocenters. The number of aromatic amines is 1. The molecule has 0 bridgehead atoms. The number of aromatic nitrogens is 3. The summed E-state index contributed by atoms with van der Waals surface area (Å²) in [6.45, 7) is 6.38. The van der Waals surface area contributed by atoms with Crippen LogP contribution in [0.5, 0.6) is 0 Å². The van der Waals surface area contributed by atoms with Gasteiger partial charge in [-0.15, -0.1) is 0 Å². The number of amides is 2. The van der Waals surface area contributed by atoms with E-state index in [1.54, 1.807) is 0 Å². The highest BCUT2D eigenvalue weighted by Crippen LogP contribution is 2.36. The van der Waals surface area contributed by atoms with Crippen LogP contribution >= 0.6 is 0 Å². The monoisotopic (exact) mass is 325 g/mol. The highest BCUT2D eigenvalue weighted by molar-refractivity contribution is 5.79. The van der Waals surface area contributed by atoms with Gasteiger partial charge in [0.25, 0.3) is 0 Å². The predicted molar refractivity (Wildman–Crippen MR) is 94.2 cm³/mol. The molecule has 1 aliphatic heterocycles. The van der Waals surface area contributed by atoms with Crippen LogP contribution in [0.2, 0.25) is 0 Å². The molecule has 0 radical (unpaired) electrons. The predicted octanol–water partition coefficient (Wildman–Crippen LogP) is 2.97. The molecule has 3 aromatic heterocycles. The van der Waals surface area contributed by atoms with Crippen molar-refractivity contribution in [2.45, 2.75) is 26.2 Å². The zero-order valence-electron chi connectivity index (χ0n) is 14.1. The van der Waals surface area contributed by atoms with Crippen LogP contribution in [0.25, 0.3) is 16.7 Å². The van der Waals surface area contributed by atoms with Crippen molar-refractivity contribution in [2.75, 3.05) is 19.6 Å². The quantitative estimate of drug-likeness (QED) is 0.777. The van der Waals surface area contributed by atoms with E-state index in [4.69, 9.17) is 0 Å². The lowest BCUT2D eigenvalue weighted by Gasteiger charge is -2.17. The molecular weight excluding hydrogens is 302 g/mol. The van der Waals surface area contributed by atoms with E-state index in [-0.39, 0.29) is 6.03 Å². The largest absolute Gasteiger partial charge is 0.360 e. The van der Waals surface area contributed by atoms with Crippen molar-refractivity contribution >= 4 is 22.7 Å². The van der Waals surface area contributed by atoms with Crippen LogP contribution in [0.1, 0.15) is 31.9 Å². The lowest BCUT2D eigenvalue weighted by molar-refractivity contribution is 0.207. The van der Waals surface area contributed by atoms with Gasteiger partial charge in [0.05, 0.1) is 11.0 Å². The van der Waals surface area contributed by atoms with Crippen LogP contribution in [-0.4, -0.2) is 44.9 Å². The number of nitrogens with zero attached hydrogens (tertiary/aromatic N) is 3. The molecule has 1 aliphatic rings. The Hall–Kier alpha value is -2.50. The first-order chi connectivity index (χ1) is 11.7. The van der Waals surface area contributed by atoms with E-state index in [2.05, 4.69) is 38.7 Å². The van der Waals surface area contributed by atoms with Crippen molar-refractivity contribution in [2.24, 2.45) is 5.92 Å². The summed E-state index contributed by atoms with van der Waals surface area (Å²) in [5.41, 5.74) is 4.41. The number of hydrogen-bond acceptors (Lipinski definition) is 2. The van der Waals surface area contributed by atoms with Gasteiger partial charge in [0.1, 0.15) is 5.65 Å². The third-order valence-electron chi connectivity index (χ3n) is 5.17. The standard InChI is InChI=1S/C18H23N5O/c1-3-12-10-22(18(24)19-4-2)11-13(12)16-9-21-17-6-5-14-15(23(16)17)7-8-20-14/h5-9,12-13,20H,3-4,10-11H2,1-2H3,(H,19,24)/t12-,13?/m1/s1. The molecule has 0 spiro atoms. The highest BCUT2D eigenvalue weighted by Gasteiger charge is 2.36. The van der Waals surface area contributed by atoms with Gasteiger partial charge in [-0.05, 0) is 31.0 Å². The van der Waals surface area contributed by atoms with Crippen LogP contribution < -0.4 is 5.32 Å². The van der Waals surface area contributed by atoms with E-state index in [0.717, 1.165) is 36.2 Å². The van der Waals surface area contributed by atoms with Crippen LogP contribution in [0.3, 0.4) is 0 Å². The second-order valence-electron chi connectivity index (χ2n) is 6.50. The Morgan fingerprint density at radius 3 is 3.00 bits per heavy atom. The number of H-pyrrole nitrogens is 1. The van der Waals surface area contributed by atoms with Crippen molar-refractivity contribution < 1.29 is 4.79 Å². The first-order valence-corrected chi connectivity index (χ1v) is 8.69. The fourth-order valence-electron chi connectivity index (χ4n) is 3.93. The first kappa shape index (κ1) is 15.1. The third kappa shape index (κ3) is 2.25. The number of fused-ring (bicyclic) bond motifs is 3. The molecule has 3 aromatic rings. The molecular formula is C18H23N5O. The zero-order valence-corrected chi connectivity index (χ0v) is 14.1.